The maximum atomic E-state index is 11.9. The van der Waals surface area contributed by atoms with Crippen molar-refractivity contribution in [1.82, 2.24) is 4.98 Å². The number of carbonyl (C=O) groups is 2. The molecule has 0 radical (unpaired) electrons. The van der Waals surface area contributed by atoms with Crippen LogP contribution in [0.25, 0.3) is 10.9 Å². The average Bonchev–Trinajstić information content (AvgIpc) is 2.39. The number of pyridine rings is 1. The monoisotopic (exact) mass is 243 g/mol. The first-order valence-electron chi connectivity index (χ1n) is 5.71. The van der Waals surface area contributed by atoms with Gasteiger partial charge in [-0.2, -0.15) is 0 Å². The number of Topliss-reactive ketones (excluding diaryl/α,β-unsaturated/α-hetero) is 1. The Kier molecular flexibility index (Phi) is 3.37. The summed E-state index contributed by atoms with van der Waals surface area (Å²) in [4.78, 5) is 27.6. The Hall–Kier alpha value is -2.23. The molecule has 0 aliphatic heterocycles. The van der Waals surface area contributed by atoms with Crippen molar-refractivity contribution in [3.8, 4) is 0 Å². The van der Waals surface area contributed by atoms with Gasteiger partial charge in [-0.25, -0.2) is 4.79 Å². The van der Waals surface area contributed by atoms with Gasteiger partial charge >= 0.3 is 5.97 Å². The number of ether oxygens (including phenoxy) is 1. The van der Waals surface area contributed by atoms with Gasteiger partial charge in [0.15, 0.2) is 0 Å². The highest BCUT2D eigenvalue weighted by atomic mass is 16.5. The minimum atomic E-state index is -0.823. The van der Waals surface area contributed by atoms with E-state index in [0.717, 1.165) is 10.9 Å². The quantitative estimate of drug-likeness (QED) is 0.471. The Morgan fingerprint density at radius 1 is 1.28 bits per heavy atom. The number of rotatable bonds is 3. The summed E-state index contributed by atoms with van der Waals surface area (Å²) < 4.78 is 4.72. The largest absolute Gasteiger partial charge is 0.460 e. The first-order valence-corrected chi connectivity index (χ1v) is 5.71. The number of aryl methyl sites for hydroxylation is 1. The molecule has 0 N–H and O–H groups in total. The molecule has 4 heteroatoms. The zero-order chi connectivity index (χ0) is 13.1. The van der Waals surface area contributed by atoms with Crippen LogP contribution in [0.15, 0.2) is 30.5 Å². The van der Waals surface area contributed by atoms with Crippen molar-refractivity contribution < 1.29 is 14.3 Å². The second kappa shape index (κ2) is 4.96. The van der Waals surface area contributed by atoms with E-state index in [1.165, 1.54) is 0 Å². The molecule has 4 nitrogen and oxygen atoms in total. The summed E-state index contributed by atoms with van der Waals surface area (Å²) >= 11 is 0. The number of hydrogen-bond donors (Lipinski definition) is 0. The molecule has 2 aromatic rings. The summed E-state index contributed by atoms with van der Waals surface area (Å²) in [6.07, 6.45) is 1.66. The topological polar surface area (TPSA) is 56.3 Å². The Bertz CT molecular complexity index is 619. The van der Waals surface area contributed by atoms with Gasteiger partial charge in [0, 0.05) is 17.1 Å². The molecule has 0 spiro atoms. The van der Waals surface area contributed by atoms with E-state index in [1.807, 2.05) is 12.1 Å². The molecular weight excluding hydrogens is 230 g/mol. The highest BCUT2D eigenvalue weighted by Gasteiger charge is 2.20. The first kappa shape index (κ1) is 12.2. The fourth-order valence-corrected chi connectivity index (χ4v) is 1.84. The predicted octanol–water partition coefficient (Wildman–Crippen LogP) is 2.29. The minimum Gasteiger partial charge on any atom is -0.460 e. The fourth-order valence-electron chi connectivity index (χ4n) is 1.84. The zero-order valence-electron chi connectivity index (χ0n) is 10.3. The van der Waals surface area contributed by atoms with Gasteiger partial charge in [-0.1, -0.05) is 12.1 Å². The molecule has 0 fully saturated rings. The Labute approximate surface area is 105 Å². The van der Waals surface area contributed by atoms with Crippen LogP contribution in [0.3, 0.4) is 0 Å². The van der Waals surface area contributed by atoms with Crippen molar-refractivity contribution in [3.05, 3.63) is 41.6 Å². The molecule has 0 atom stereocenters. The molecule has 0 unspecified atom stereocenters. The number of esters is 1. The maximum Gasteiger partial charge on any atom is 0.379 e. The highest BCUT2D eigenvalue weighted by Crippen LogP contribution is 2.20. The van der Waals surface area contributed by atoms with E-state index >= 15 is 0 Å². The third-order valence-corrected chi connectivity index (χ3v) is 2.73. The van der Waals surface area contributed by atoms with Crippen LogP contribution in [0.2, 0.25) is 0 Å². The number of carbonyl (C=O) groups excluding carboxylic acids is 2. The SMILES string of the molecule is CCOC(=O)C(=O)c1ccc2cccnc2c1C. The number of nitrogens with zero attached hydrogens (tertiary/aromatic N) is 1. The molecule has 0 aliphatic rings. The smallest absolute Gasteiger partial charge is 0.379 e. The molecule has 0 amide bonds. The van der Waals surface area contributed by atoms with Crippen LogP contribution in [0.5, 0.6) is 0 Å². The zero-order valence-corrected chi connectivity index (χ0v) is 10.3. The van der Waals surface area contributed by atoms with Gasteiger partial charge in [0.1, 0.15) is 0 Å². The van der Waals surface area contributed by atoms with Crippen LogP contribution in [-0.2, 0) is 9.53 Å². The van der Waals surface area contributed by atoms with Gasteiger partial charge in [0.05, 0.1) is 12.1 Å². The van der Waals surface area contributed by atoms with Crippen molar-refractivity contribution >= 4 is 22.7 Å². The molecule has 0 aliphatic carbocycles. The van der Waals surface area contributed by atoms with Crippen LogP contribution in [0.4, 0.5) is 0 Å². The minimum absolute atomic E-state index is 0.190. The van der Waals surface area contributed by atoms with Gasteiger partial charge in [-0.3, -0.25) is 9.78 Å². The van der Waals surface area contributed by atoms with E-state index in [2.05, 4.69) is 4.98 Å². The van der Waals surface area contributed by atoms with Crippen LogP contribution in [0, 0.1) is 6.92 Å². The molecule has 0 saturated carbocycles. The number of hydrogen-bond acceptors (Lipinski definition) is 4. The molecular formula is C14H13NO3. The van der Waals surface area contributed by atoms with E-state index in [-0.39, 0.29) is 6.61 Å². The third kappa shape index (κ3) is 2.09. The summed E-state index contributed by atoms with van der Waals surface area (Å²) in [7, 11) is 0. The first-order chi connectivity index (χ1) is 8.65. The summed E-state index contributed by atoms with van der Waals surface area (Å²) in [6.45, 7) is 3.64. The molecule has 0 saturated heterocycles. The number of benzene rings is 1. The lowest BCUT2D eigenvalue weighted by Gasteiger charge is -2.07. The Morgan fingerprint density at radius 2 is 2.06 bits per heavy atom. The van der Waals surface area contributed by atoms with Gasteiger partial charge in [0.25, 0.3) is 5.78 Å². The van der Waals surface area contributed by atoms with Gasteiger partial charge in [0.2, 0.25) is 0 Å². The second-order valence-corrected chi connectivity index (χ2v) is 3.86. The van der Waals surface area contributed by atoms with Gasteiger partial charge < -0.3 is 4.74 Å². The van der Waals surface area contributed by atoms with Crippen LogP contribution < -0.4 is 0 Å². The standard InChI is InChI=1S/C14H13NO3/c1-3-18-14(17)13(16)11-7-6-10-5-4-8-15-12(10)9(11)2/h4-8H,3H2,1-2H3. The maximum absolute atomic E-state index is 11.9. The molecule has 1 aromatic carbocycles. The summed E-state index contributed by atoms with van der Waals surface area (Å²) in [5, 5.41) is 0.940. The highest BCUT2D eigenvalue weighted by molar-refractivity contribution is 6.41. The Morgan fingerprint density at radius 3 is 2.78 bits per heavy atom. The normalized spacial score (nSPS) is 10.3. The average molecular weight is 243 g/mol. The molecule has 18 heavy (non-hydrogen) atoms. The van der Waals surface area contributed by atoms with E-state index in [0.29, 0.717) is 11.1 Å². The predicted molar refractivity (Wildman–Crippen MR) is 67.4 cm³/mol. The van der Waals surface area contributed by atoms with Crippen molar-refractivity contribution in [3.63, 3.8) is 0 Å². The lowest BCUT2D eigenvalue weighted by atomic mass is 10.0. The molecule has 0 bridgehead atoms. The Balaban J connectivity index is 2.49. The van der Waals surface area contributed by atoms with Crippen LogP contribution in [0.1, 0.15) is 22.8 Å². The van der Waals surface area contributed by atoms with Gasteiger partial charge in [-0.05, 0) is 31.5 Å². The van der Waals surface area contributed by atoms with E-state index in [9.17, 15) is 9.59 Å². The molecule has 1 heterocycles. The lowest BCUT2D eigenvalue weighted by Crippen LogP contribution is -2.18. The van der Waals surface area contributed by atoms with Gasteiger partial charge in [-0.15, -0.1) is 0 Å². The van der Waals surface area contributed by atoms with E-state index in [4.69, 9.17) is 4.74 Å². The molecule has 2 rings (SSSR count). The summed E-state index contributed by atoms with van der Waals surface area (Å²) in [5.74, 6) is -1.45. The molecule has 1 aromatic heterocycles. The van der Waals surface area contributed by atoms with E-state index < -0.39 is 11.8 Å². The van der Waals surface area contributed by atoms with Crippen molar-refractivity contribution in [1.29, 1.82) is 0 Å². The fraction of sp³-hybridized carbons (Fsp3) is 0.214. The number of fused-ring (bicyclic) bond motifs is 1. The lowest BCUT2D eigenvalue weighted by molar-refractivity contribution is -0.137. The second-order valence-electron chi connectivity index (χ2n) is 3.86. The van der Waals surface area contributed by atoms with E-state index in [1.54, 1.807) is 32.2 Å². The van der Waals surface area contributed by atoms with Crippen LogP contribution >= 0.6 is 0 Å². The summed E-state index contributed by atoms with van der Waals surface area (Å²) in [6, 6.07) is 7.16. The van der Waals surface area contributed by atoms with Crippen molar-refractivity contribution in [2.75, 3.05) is 6.61 Å². The van der Waals surface area contributed by atoms with Crippen LogP contribution in [-0.4, -0.2) is 23.3 Å². The molecule has 92 valence electrons. The third-order valence-electron chi connectivity index (χ3n) is 2.73. The number of ketones is 1. The van der Waals surface area contributed by atoms with Crippen molar-refractivity contribution in [2.24, 2.45) is 0 Å². The van der Waals surface area contributed by atoms with Crippen molar-refractivity contribution in [2.45, 2.75) is 13.8 Å². The number of aromatic nitrogens is 1. The summed E-state index contributed by atoms with van der Waals surface area (Å²) in [5.41, 5.74) is 1.78.